The van der Waals surface area contributed by atoms with Gasteiger partial charge in [-0.05, 0) is 5.41 Å². The molecule has 0 atom stereocenters. The molecule has 0 aromatic rings. The van der Waals surface area contributed by atoms with E-state index in [9.17, 15) is 5.11 Å². The van der Waals surface area contributed by atoms with Gasteiger partial charge in [-0.15, -0.1) is 11.8 Å². The van der Waals surface area contributed by atoms with Crippen molar-refractivity contribution in [1.29, 1.82) is 0 Å². The quantitative estimate of drug-likeness (QED) is 0.559. The summed E-state index contributed by atoms with van der Waals surface area (Å²) in [5.74, 6) is 0.996. The van der Waals surface area contributed by atoms with Gasteiger partial charge in [0.15, 0.2) is 0 Å². The second kappa shape index (κ2) is 4.18. The van der Waals surface area contributed by atoms with Crippen LogP contribution in [0.2, 0.25) is 0 Å². The highest BCUT2D eigenvalue weighted by molar-refractivity contribution is 7.99. The van der Waals surface area contributed by atoms with E-state index in [0.29, 0.717) is 5.41 Å². The molecule has 0 N–H and O–H groups in total. The summed E-state index contributed by atoms with van der Waals surface area (Å²) in [5, 5.41) is 10.1. The molecule has 0 aliphatic rings. The molecule has 0 fully saturated rings. The average Bonchev–Trinajstić information content (AvgIpc) is 1.84. The van der Waals surface area contributed by atoms with Crippen LogP contribution in [0.5, 0.6) is 0 Å². The van der Waals surface area contributed by atoms with Crippen LogP contribution in [0.1, 0.15) is 27.2 Å². The van der Waals surface area contributed by atoms with Crippen LogP contribution in [0.25, 0.3) is 0 Å². The molecular weight excluding hydrogens is 132 g/mol. The van der Waals surface area contributed by atoms with E-state index >= 15 is 0 Å². The molecule has 0 spiro atoms. The Morgan fingerprint density at radius 3 is 2.33 bits per heavy atom. The highest BCUT2D eigenvalue weighted by Crippen LogP contribution is 2.24. The molecule has 9 heavy (non-hydrogen) atoms. The van der Waals surface area contributed by atoms with Crippen LogP contribution in [0, 0.1) is 5.41 Å². The smallest absolute Gasteiger partial charge is 0.128 e. The van der Waals surface area contributed by atoms with Crippen LogP contribution in [0.15, 0.2) is 0 Å². The molecule has 0 bridgehead atoms. The number of hydrogen-bond donors (Lipinski definition) is 0. The predicted octanol–water partition coefficient (Wildman–Crippen LogP) is 2.54. The van der Waals surface area contributed by atoms with Gasteiger partial charge in [0, 0.05) is 5.75 Å². The van der Waals surface area contributed by atoms with Crippen molar-refractivity contribution >= 4 is 11.8 Å². The van der Waals surface area contributed by atoms with Gasteiger partial charge < -0.3 is 0 Å². The number of rotatable bonds is 4. The van der Waals surface area contributed by atoms with Crippen LogP contribution in [0.3, 0.4) is 0 Å². The molecule has 0 aromatic heterocycles. The molecule has 0 heterocycles. The maximum absolute atomic E-state index is 10.1. The maximum atomic E-state index is 10.1. The van der Waals surface area contributed by atoms with E-state index in [1.165, 1.54) is 11.8 Å². The normalized spacial score (nSPS) is 12.0. The predicted molar refractivity (Wildman–Crippen MR) is 42.1 cm³/mol. The van der Waals surface area contributed by atoms with Gasteiger partial charge in [-0.1, -0.05) is 27.2 Å². The first kappa shape index (κ1) is 9.31. The lowest BCUT2D eigenvalue weighted by atomic mass is 9.93. The largest absolute Gasteiger partial charge is 0.225 e. The molecule has 0 aromatic carbocycles. The minimum atomic E-state index is 0.00340. The second-order valence-corrected chi connectivity index (χ2v) is 3.92. The molecule has 55 valence electrons. The Morgan fingerprint density at radius 1 is 1.44 bits per heavy atom. The molecule has 1 radical (unpaired) electrons. The van der Waals surface area contributed by atoms with Crippen molar-refractivity contribution in [2.75, 3.05) is 11.7 Å². The number of hydrogen-bond acceptors (Lipinski definition) is 1. The van der Waals surface area contributed by atoms with Gasteiger partial charge in [0.05, 0.1) is 0 Å². The monoisotopic (exact) mass is 147 g/mol. The summed E-state index contributed by atoms with van der Waals surface area (Å²) < 4.78 is 0. The highest BCUT2D eigenvalue weighted by atomic mass is 32.2. The Balaban J connectivity index is 3.33. The Bertz CT molecular complexity index is 71.3. The summed E-state index contributed by atoms with van der Waals surface area (Å²) in [7, 11) is 0. The molecule has 0 rings (SSSR count). The van der Waals surface area contributed by atoms with Crippen LogP contribution < -0.4 is 0 Å². The lowest BCUT2D eigenvalue weighted by Gasteiger charge is -2.20. The fraction of sp³-hybridized carbons (Fsp3) is 1.00. The first-order valence-electron chi connectivity index (χ1n) is 3.28. The van der Waals surface area contributed by atoms with E-state index in [1.807, 2.05) is 0 Å². The molecule has 0 saturated carbocycles. The first-order valence-corrected chi connectivity index (χ1v) is 4.43. The summed E-state index contributed by atoms with van der Waals surface area (Å²) >= 11 is 1.48. The zero-order valence-corrected chi connectivity index (χ0v) is 7.25. The Hall–Kier alpha value is 0.310. The minimum Gasteiger partial charge on any atom is -0.225 e. The Kier molecular flexibility index (Phi) is 4.32. The van der Waals surface area contributed by atoms with E-state index in [-0.39, 0.29) is 5.94 Å². The van der Waals surface area contributed by atoms with Crippen molar-refractivity contribution in [2.45, 2.75) is 27.2 Å². The zero-order chi connectivity index (χ0) is 7.33. The van der Waals surface area contributed by atoms with Crippen molar-refractivity contribution in [2.24, 2.45) is 5.41 Å². The van der Waals surface area contributed by atoms with Crippen LogP contribution in [-0.4, -0.2) is 11.7 Å². The molecule has 0 unspecified atom stereocenters. The van der Waals surface area contributed by atoms with Crippen molar-refractivity contribution in [3.05, 3.63) is 0 Å². The third-order valence-electron chi connectivity index (χ3n) is 1.53. The third-order valence-corrected chi connectivity index (χ3v) is 2.69. The summed E-state index contributed by atoms with van der Waals surface area (Å²) in [6.07, 6.45) is 1.15. The van der Waals surface area contributed by atoms with Crippen LogP contribution in [0.4, 0.5) is 0 Å². The second-order valence-electron chi connectivity index (χ2n) is 2.98. The van der Waals surface area contributed by atoms with Crippen LogP contribution in [-0.2, 0) is 5.11 Å². The summed E-state index contributed by atoms with van der Waals surface area (Å²) in [4.78, 5) is 0. The molecule has 0 saturated heterocycles. The lowest BCUT2D eigenvalue weighted by Crippen LogP contribution is -2.12. The van der Waals surface area contributed by atoms with Gasteiger partial charge in [0.2, 0.25) is 0 Å². The SMILES string of the molecule is CCC(C)(C)CSC[O]. The van der Waals surface area contributed by atoms with Crippen molar-refractivity contribution in [1.82, 2.24) is 0 Å². The lowest BCUT2D eigenvalue weighted by molar-refractivity contribution is 0.259. The van der Waals surface area contributed by atoms with Gasteiger partial charge in [-0.2, -0.15) is 0 Å². The van der Waals surface area contributed by atoms with Crippen molar-refractivity contribution < 1.29 is 5.11 Å². The van der Waals surface area contributed by atoms with Gasteiger partial charge in [0.1, 0.15) is 5.94 Å². The van der Waals surface area contributed by atoms with E-state index in [2.05, 4.69) is 20.8 Å². The molecule has 1 nitrogen and oxygen atoms in total. The van der Waals surface area contributed by atoms with Gasteiger partial charge in [0.25, 0.3) is 0 Å². The number of thioether (sulfide) groups is 1. The Morgan fingerprint density at radius 2 is 2.00 bits per heavy atom. The van der Waals surface area contributed by atoms with Crippen LogP contribution >= 0.6 is 11.8 Å². The topological polar surface area (TPSA) is 19.9 Å². The zero-order valence-electron chi connectivity index (χ0n) is 6.44. The standard InChI is InChI=1S/C7H15OS/c1-4-7(2,3)5-9-6-8/h4-6H2,1-3H3. The summed E-state index contributed by atoms with van der Waals surface area (Å²) in [6, 6.07) is 0. The summed E-state index contributed by atoms with van der Waals surface area (Å²) in [5.41, 5.74) is 0.356. The van der Waals surface area contributed by atoms with E-state index in [0.717, 1.165) is 12.2 Å². The van der Waals surface area contributed by atoms with E-state index < -0.39 is 0 Å². The molecule has 0 aliphatic heterocycles. The third kappa shape index (κ3) is 4.79. The van der Waals surface area contributed by atoms with E-state index in [4.69, 9.17) is 0 Å². The molecular formula is C7H15OS. The summed E-state index contributed by atoms with van der Waals surface area (Å²) in [6.45, 7) is 6.54. The molecule has 0 amide bonds. The van der Waals surface area contributed by atoms with E-state index in [1.54, 1.807) is 0 Å². The van der Waals surface area contributed by atoms with Crippen molar-refractivity contribution in [3.8, 4) is 0 Å². The minimum absolute atomic E-state index is 0.00340. The molecule has 0 aliphatic carbocycles. The molecule has 2 heteroatoms. The van der Waals surface area contributed by atoms with Gasteiger partial charge >= 0.3 is 0 Å². The highest BCUT2D eigenvalue weighted by Gasteiger charge is 2.13. The van der Waals surface area contributed by atoms with Gasteiger partial charge in [-0.3, -0.25) is 0 Å². The average molecular weight is 147 g/mol. The van der Waals surface area contributed by atoms with Gasteiger partial charge in [-0.25, -0.2) is 5.11 Å². The fourth-order valence-electron chi connectivity index (χ4n) is 0.420. The Labute approximate surface area is 61.8 Å². The fourth-order valence-corrected chi connectivity index (χ4v) is 1.26. The first-order chi connectivity index (χ1) is 4.12. The maximum Gasteiger partial charge on any atom is 0.128 e. The van der Waals surface area contributed by atoms with Crippen molar-refractivity contribution in [3.63, 3.8) is 0 Å².